The van der Waals surface area contributed by atoms with Crippen LogP contribution in [-0.4, -0.2) is 11.6 Å². The van der Waals surface area contributed by atoms with Crippen molar-refractivity contribution in [2.45, 2.75) is 52.9 Å². The molecule has 0 aliphatic heterocycles. The van der Waals surface area contributed by atoms with Crippen LogP contribution in [0.1, 0.15) is 52.9 Å². The molecule has 0 amide bonds. The molecular weight excluding hydrogens is 284 g/mol. The highest BCUT2D eigenvalue weighted by Crippen LogP contribution is 2.63. The van der Waals surface area contributed by atoms with E-state index in [-0.39, 0.29) is 22.5 Å². The second-order valence-corrected chi connectivity index (χ2v) is 8.47. The highest BCUT2D eigenvalue weighted by molar-refractivity contribution is 6.01. The summed E-state index contributed by atoms with van der Waals surface area (Å²) in [6.07, 6.45) is 13.6. The van der Waals surface area contributed by atoms with Crippen molar-refractivity contribution in [1.82, 2.24) is 0 Å². The largest absolute Gasteiger partial charge is 0.300 e. The molecule has 0 spiro atoms. The van der Waals surface area contributed by atoms with E-state index in [0.717, 1.165) is 25.7 Å². The molecule has 0 bridgehead atoms. The van der Waals surface area contributed by atoms with E-state index < -0.39 is 0 Å². The first kappa shape index (κ1) is 15.1. The zero-order chi connectivity index (χ0) is 16.4. The van der Waals surface area contributed by atoms with Crippen LogP contribution in [0.5, 0.6) is 0 Å². The van der Waals surface area contributed by atoms with Gasteiger partial charge in [-0.1, -0.05) is 30.2 Å². The van der Waals surface area contributed by atoms with Crippen LogP contribution in [0.3, 0.4) is 0 Å². The fourth-order valence-electron chi connectivity index (χ4n) is 6.19. The van der Waals surface area contributed by atoms with Crippen LogP contribution in [-0.2, 0) is 9.59 Å². The molecular formula is C21H26O2. The molecule has 4 unspecified atom stereocenters. The molecule has 0 radical (unpaired) electrons. The lowest BCUT2D eigenvalue weighted by atomic mass is 9.52. The van der Waals surface area contributed by atoms with Gasteiger partial charge in [0.2, 0.25) is 0 Å². The Kier molecular flexibility index (Phi) is 3.14. The Morgan fingerprint density at radius 1 is 1.22 bits per heavy atom. The third kappa shape index (κ3) is 1.93. The monoisotopic (exact) mass is 310 g/mol. The minimum atomic E-state index is -0.0630. The molecule has 2 nitrogen and oxygen atoms in total. The maximum absolute atomic E-state index is 12.1. The van der Waals surface area contributed by atoms with Crippen LogP contribution in [0.2, 0.25) is 0 Å². The molecule has 122 valence electrons. The van der Waals surface area contributed by atoms with Crippen molar-refractivity contribution < 1.29 is 9.59 Å². The lowest BCUT2D eigenvalue weighted by Gasteiger charge is -2.52. The van der Waals surface area contributed by atoms with Gasteiger partial charge in [0.25, 0.3) is 0 Å². The molecule has 4 aliphatic rings. The molecule has 23 heavy (non-hydrogen) atoms. The van der Waals surface area contributed by atoms with Gasteiger partial charge >= 0.3 is 0 Å². The van der Waals surface area contributed by atoms with Gasteiger partial charge in [0, 0.05) is 11.3 Å². The minimum absolute atomic E-state index is 0.0630. The van der Waals surface area contributed by atoms with Gasteiger partial charge in [0.05, 0.1) is 0 Å². The summed E-state index contributed by atoms with van der Waals surface area (Å²) in [5.74, 6) is 1.95. The van der Waals surface area contributed by atoms with E-state index in [0.29, 0.717) is 17.6 Å². The van der Waals surface area contributed by atoms with Gasteiger partial charge < -0.3 is 0 Å². The van der Waals surface area contributed by atoms with Crippen LogP contribution >= 0.6 is 0 Å². The van der Waals surface area contributed by atoms with Gasteiger partial charge in [-0.05, 0) is 75.4 Å². The molecule has 2 heteroatoms. The Morgan fingerprint density at radius 2 is 2.00 bits per heavy atom. The van der Waals surface area contributed by atoms with Crippen molar-refractivity contribution in [3.63, 3.8) is 0 Å². The molecule has 0 aromatic heterocycles. The van der Waals surface area contributed by atoms with E-state index in [1.54, 1.807) is 13.0 Å². The lowest BCUT2D eigenvalue weighted by Crippen LogP contribution is -2.44. The summed E-state index contributed by atoms with van der Waals surface area (Å²) >= 11 is 0. The second kappa shape index (κ2) is 4.78. The summed E-state index contributed by atoms with van der Waals surface area (Å²) in [5.41, 5.74) is 2.89. The fraction of sp³-hybridized carbons (Fsp3) is 0.619. The number of hydrogen-bond acceptors (Lipinski definition) is 2. The average Bonchev–Trinajstić information content (AvgIpc) is 2.85. The van der Waals surface area contributed by atoms with E-state index in [1.165, 1.54) is 17.6 Å². The number of carbonyl (C=O) groups excluding carboxylic acids is 2. The van der Waals surface area contributed by atoms with E-state index in [9.17, 15) is 9.59 Å². The Hall–Kier alpha value is -1.44. The first-order valence-corrected chi connectivity index (χ1v) is 9.01. The van der Waals surface area contributed by atoms with Crippen LogP contribution in [0.4, 0.5) is 0 Å². The normalized spacial score (nSPS) is 44.8. The molecule has 0 aromatic rings. The highest BCUT2D eigenvalue weighted by Gasteiger charge is 2.56. The molecule has 4 aliphatic carbocycles. The van der Waals surface area contributed by atoms with E-state index in [2.05, 4.69) is 26.0 Å². The number of ketones is 2. The van der Waals surface area contributed by atoms with Gasteiger partial charge in [-0.15, -0.1) is 0 Å². The smallest absolute Gasteiger partial charge is 0.178 e. The van der Waals surface area contributed by atoms with Crippen LogP contribution < -0.4 is 0 Å². The number of rotatable bonds is 1. The van der Waals surface area contributed by atoms with Crippen LogP contribution in [0.25, 0.3) is 0 Å². The average molecular weight is 310 g/mol. The summed E-state index contributed by atoms with van der Waals surface area (Å²) < 4.78 is 0. The van der Waals surface area contributed by atoms with Crippen molar-refractivity contribution in [2.75, 3.05) is 0 Å². The van der Waals surface area contributed by atoms with E-state index in [1.807, 2.05) is 6.08 Å². The number of hydrogen-bond donors (Lipinski definition) is 0. The number of Topliss-reactive ketones (excluding diaryl/α,β-unsaturated/α-hetero) is 1. The molecule has 5 atom stereocenters. The number of allylic oxidation sites excluding steroid dienone is 6. The molecule has 0 aromatic carbocycles. The summed E-state index contributed by atoms with van der Waals surface area (Å²) in [4.78, 5) is 23.9. The Morgan fingerprint density at radius 3 is 2.74 bits per heavy atom. The van der Waals surface area contributed by atoms with Crippen molar-refractivity contribution >= 4 is 11.6 Å². The molecule has 4 rings (SSSR count). The topological polar surface area (TPSA) is 34.1 Å². The summed E-state index contributed by atoms with van der Waals surface area (Å²) in [6, 6.07) is 0. The first-order chi connectivity index (χ1) is 10.9. The van der Waals surface area contributed by atoms with E-state index in [4.69, 9.17) is 0 Å². The fourth-order valence-corrected chi connectivity index (χ4v) is 6.19. The quantitative estimate of drug-likeness (QED) is 0.672. The maximum atomic E-state index is 12.1. The van der Waals surface area contributed by atoms with Crippen molar-refractivity contribution in [1.29, 1.82) is 0 Å². The Labute approximate surface area is 138 Å². The van der Waals surface area contributed by atoms with Crippen molar-refractivity contribution in [3.05, 3.63) is 35.5 Å². The van der Waals surface area contributed by atoms with Crippen molar-refractivity contribution in [3.8, 4) is 0 Å². The maximum Gasteiger partial charge on any atom is 0.178 e. The minimum Gasteiger partial charge on any atom is -0.300 e. The molecule has 0 heterocycles. The van der Waals surface area contributed by atoms with Crippen LogP contribution in [0, 0.1) is 28.6 Å². The summed E-state index contributed by atoms with van der Waals surface area (Å²) in [7, 11) is 0. The zero-order valence-corrected chi connectivity index (χ0v) is 14.4. The van der Waals surface area contributed by atoms with Gasteiger partial charge in [0.15, 0.2) is 5.78 Å². The predicted octanol–water partition coefficient (Wildman–Crippen LogP) is 4.42. The SMILES string of the molecule is CC(=O)C1CCC2C3CCC4=CC(=O)C=C[C@]4(C)C3=CCC12C. The molecule has 0 N–H and O–H groups in total. The Bertz CT molecular complexity index is 680. The standard InChI is InChI=1S/C21H26O2/c1-13(22)17-6-7-18-16-5-4-14-12-15(23)8-10-20(14,2)19(16)9-11-21(17,18)3/h8-10,12,16-18H,4-7,11H2,1-3H3/t16?,17?,18?,20-,21?/m0/s1. The van der Waals surface area contributed by atoms with Gasteiger partial charge in [-0.25, -0.2) is 0 Å². The zero-order valence-electron chi connectivity index (χ0n) is 14.4. The predicted molar refractivity (Wildman–Crippen MR) is 90.8 cm³/mol. The third-order valence-electron chi connectivity index (χ3n) is 7.44. The molecule has 2 fully saturated rings. The summed E-state index contributed by atoms with van der Waals surface area (Å²) in [6.45, 7) is 6.40. The second-order valence-electron chi connectivity index (χ2n) is 8.47. The van der Waals surface area contributed by atoms with E-state index >= 15 is 0 Å². The van der Waals surface area contributed by atoms with Crippen molar-refractivity contribution in [2.24, 2.45) is 28.6 Å². The van der Waals surface area contributed by atoms with Gasteiger partial charge in [-0.3, -0.25) is 9.59 Å². The summed E-state index contributed by atoms with van der Waals surface area (Å²) in [5, 5.41) is 0. The third-order valence-corrected chi connectivity index (χ3v) is 7.44. The number of fused-ring (bicyclic) bond motifs is 5. The molecule has 0 saturated heterocycles. The van der Waals surface area contributed by atoms with Gasteiger partial charge in [-0.2, -0.15) is 0 Å². The Balaban J connectivity index is 1.76. The van der Waals surface area contributed by atoms with Crippen LogP contribution in [0.15, 0.2) is 35.5 Å². The lowest BCUT2D eigenvalue weighted by molar-refractivity contribution is -0.124. The number of carbonyl (C=O) groups is 2. The molecule has 2 saturated carbocycles. The highest BCUT2D eigenvalue weighted by atomic mass is 16.1. The first-order valence-electron chi connectivity index (χ1n) is 9.01. The van der Waals surface area contributed by atoms with Gasteiger partial charge in [0.1, 0.15) is 5.78 Å².